The highest BCUT2D eigenvalue weighted by Gasteiger charge is 2.25. The van der Waals surface area contributed by atoms with Crippen LogP contribution in [0.1, 0.15) is 32.6 Å². The fourth-order valence-corrected chi connectivity index (χ4v) is 3.00. The summed E-state index contributed by atoms with van der Waals surface area (Å²) in [5, 5.41) is 10.4. The SMILES string of the molecule is CCOC(=O)N1CCC(NC(=S)Nc2cncnc2NC2CC2)CC1. The minimum atomic E-state index is -0.237. The third-order valence-corrected chi connectivity index (χ3v) is 4.45. The molecule has 25 heavy (non-hydrogen) atoms. The maximum atomic E-state index is 11.7. The molecule has 0 unspecified atom stereocenters. The third kappa shape index (κ3) is 5.15. The van der Waals surface area contributed by atoms with Crippen molar-refractivity contribution in [3.8, 4) is 0 Å². The Kier molecular flexibility index (Phi) is 5.85. The number of likely N-dealkylation sites (tertiary alicyclic amines) is 1. The molecule has 0 aromatic carbocycles. The van der Waals surface area contributed by atoms with Crippen molar-refractivity contribution in [1.29, 1.82) is 0 Å². The number of hydrogen-bond acceptors (Lipinski definition) is 6. The fourth-order valence-electron chi connectivity index (χ4n) is 2.72. The van der Waals surface area contributed by atoms with Gasteiger partial charge in [0.25, 0.3) is 0 Å². The zero-order chi connectivity index (χ0) is 17.6. The molecule has 1 saturated heterocycles. The summed E-state index contributed by atoms with van der Waals surface area (Å²) in [6, 6.07) is 0.735. The van der Waals surface area contributed by atoms with Gasteiger partial charge in [-0.05, 0) is 44.8 Å². The Balaban J connectivity index is 1.46. The molecule has 1 aromatic heterocycles. The molecule has 2 aliphatic rings. The molecule has 1 aromatic rings. The van der Waals surface area contributed by atoms with E-state index in [-0.39, 0.29) is 12.1 Å². The molecule has 9 heteroatoms. The van der Waals surface area contributed by atoms with Crippen LogP contribution in [-0.4, -0.2) is 57.9 Å². The predicted octanol–water partition coefficient (Wildman–Crippen LogP) is 1.96. The second-order valence-corrected chi connectivity index (χ2v) is 6.67. The van der Waals surface area contributed by atoms with Gasteiger partial charge >= 0.3 is 6.09 Å². The minimum Gasteiger partial charge on any atom is -0.450 e. The van der Waals surface area contributed by atoms with E-state index in [1.165, 1.54) is 19.2 Å². The lowest BCUT2D eigenvalue weighted by atomic mass is 10.1. The average Bonchev–Trinajstić information content (AvgIpc) is 3.41. The van der Waals surface area contributed by atoms with E-state index >= 15 is 0 Å². The molecule has 8 nitrogen and oxygen atoms in total. The van der Waals surface area contributed by atoms with Gasteiger partial charge in [-0.2, -0.15) is 0 Å². The number of anilines is 2. The average molecular weight is 364 g/mol. The van der Waals surface area contributed by atoms with Crippen LogP contribution in [0.15, 0.2) is 12.5 Å². The number of nitrogens with one attached hydrogen (secondary N) is 3. The molecule has 3 N–H and O–H groups in total. The summed E-state index contributed by atoms with van der Waals surface area (Å²) in [6.07, 6.45) is 7.01. The first-order valence-corrected chi connectivity index (χ1v) is 9.12. The van der Waals surface area contributed by atoms with Gasteiger partial charge in [0.2, 0.25) is 0 Å². The van der Waals surface area contributed by atoms with E-state index in [9.17, 15) is 4.79 Å². The number of aromatic nitrogens is 2. The van der Waals surface area contributed by atoms with E-state index < -0.39 is 0 Å². The smallest absolute Gasteiger partial charge is 0.409 e. The topological polar surface area (TPSA) is 91.4 Å². The Morgan fingerprint density at radius 1 is 1.32 bits per heavy atom. The summed E-state index contributed by atoms with van der Waals surface area (Å²) in [5.74, 6) is 0.777. The number of ether oxygens (including phenoxy) is 1. The lowest BCUT2D eigenvalue weighted by Gasteiger charge is -2.32. The summed E-state index contributed by atoms with van der Waals surface area (Å²) < 4.78 is 5.03. The van der Waals surface area contributed by atoms with E-state index in [2.05, 4.69) is 25.9 Å². The van der Waals surface area contributed by atoms with Crippen LogP contribution in [0.25, 0.3) is 0 Å². The number of rotatable bonds is 5. The standard InChI is InChI=1S/C16H24N6O2S/c1-2-24-16(23)22-7-5-12(6-8-22)20-15(25)21-13-9-17-10-18-14(13)19-11-3-4-11/h9-12H,2-8H2,1H3,(H,17,18,19)(H2,20,21,25). The normalized spacial score (nSPS) is 17.7. The maximum absolute atomic E-state index is 11.7. The van der Waals surface area contributed by atoms with Gasteiger partial charge in [-0.3, -0.25) is 0 Å². The Labute approximate surface area is 152 Å². The first kappa shape index (κ1) is 17.7. The summed E-state index contributed by atoms with van der Waals surface area (Å²) in [7, 11) is 0. The Morgan fingerprint density at radius 3 is 2.76 bits per heavy atom. The Morgan fingerprint density at radius 2 is 2.08 bits per heavy atom. The number of nitrogens with zero attached hydrogens (tertiary/aromatic N) is 3. The molecule has 136 valence electrons. The molecule has 1 aliphatic heterocycles. The highest BCUT2D eigenvalue weighted by Crippen LogP contribution is 2.27. The summed E-state index contributed by atoms with van der Waals surface area (Å²) in [5.41, 5.74) is 0.774. The van der Waals surface area contributed by atoms with E-state index in [1.807, 2.05) is 6.92 Å². The molecular weight excluding hydrogens is 340 g/mol. The largest absolute Gasteiger partial charge is 0.450 e. The van der Waals surface area contributed by atoms with Crippen molar-refractivity contribution in [3.63, 3.8) is 0 Å². The lowest BCUT2D eigenvalue weighted by Crippen LogP contribution is -2.47. The maximum Gasteiger partial charge on any atom is 0.409 e. The molecule has 0 spiro atoms. The number of piperidine rings is 1. The van der Waals surface area contributed by atoms with Gasteiger partial charge in [0.05, 0.1) is 12.8 Å². The van der Waals surface area contributed by atoms with Crippen molar-refractivity contribution in [2.75, 3.05) is 30.3 Å². The van der Waals surface area contributed by atoms with E-state index in [1.54, 1.807) is 11.1 Å². The molecule has 1 saturated carbocycles. The van der Waals surface area contributed by atoms with Gasteiger partial charge in [0.15, 0.2) is 10.9 Å². The van der Waals surface area contributed by atoms with Crippen molar-refractivity contribution in [2.45, 2.75) is 44.7 Å². The zero-order valence-corrected chi connectivity index (χ0v) is 15.1. The molecule has 1 aliphatic carbocycles. The van der Waals surface area contributed by atoms with Crippen molar-refractivity contribution < 1.29 is 9.53 Å². The fraction of sp³-hybridized carbons (Fsp3) is 0.625. The van der Waals surface area contributed by atoms with Gasteiger partial charge in [0, 0.05) is 25.2 Å². The number of thiocarbonyl (C=S) groups is 1. The first-order valence-electron chi connectivity index (χ1n) is 8.71. The zero-order valence-electron chi connectivity index (χ0n) is 14.3. The second-order valence-electron chi connectivity index (χ2n) is 6.26. The van der Waals surface area contributed by atoms with Gasteiger partial charge in [-0.1, -0.05) is 0 Å². The van der Waals surface area contributed by atoms with Crippen molar-refractivity contribution in [3.05, 3.63) is 12.5 Å². The van der Waals surface area contributed by atoms with Gasteiger partial charge in [0.1, 0.15) is 12.0 Å². The summed E-state index contributed by atoms with van der Waals surface area (Å²) in [6.45, 7) is 3.56. The number of carbonyl (C=O) groups excluding carboxylic acids is 1. The van der Waals surface area contributed by atoms with Crippen LogP contribution in [0.3, 0.4) is 0 Å². The molecule has 0 bridgehead atoms. The van der Waals surface area contributed by atoms with Crippen LogP contribution in [0.4, 0.5) is 16.3 Å². The van der Waals surface area contributed by atoms with E-state index in [0.29, 0.717) is 30.9 Å². The van der Waals surface area contributed by atoms with Crippen LogP contribution in [0, 0.1) is 0 Å². The van der Waals surface area contributed by atoms with Crippen LogP contribution in [-0.2, 0) is 4.74 Å². The molecule has 0 atom stereocenters. The minimum absolute atomic E-state index is 0.232. The van der Waals surface area contributed by atoms with Crippen LogP contribution in [0.5, 0.6) is 0 Å². The summed E-state index contributed by atoms with van der Waals surface area (Å²) >= 11 is 5.42. The van der Waals surface area contributed by atoms with E-state index in [4.69, 9.17) is 17.0 Å². The predicted molar refractivity (Wildman–Crippen MR) is 99.7 cm³/mol. The van der Waals surface area contributed by atoms with Crippen LogP contribution >= 0.6 is 12.2 Å². The second kappa shape index (κ2) is 8.28. The van der Waals surface area contributed by atoms with Crippen molar-refractivity contribution in [1.82, 2.24) is 20.2 Å². The molecule has 2 fully saturated rings. The van der Waals surface area contributed by atoms with Crippen LogP contribution < -0.4 is 16.0 Å². The number of carbonyl (C=O) groups is 1. The number of amides is 1. The van der Waals surface area contributed by atoms with E-state index in [0.717, 1.165) is 24.3 Å². The monoisotopic (exact) mass is 364 g/mol. The Hall–Kier alpha value is -2.16. The lowest BCUT2D eigenvalue weighted by molar-refractivity contribution is 0.0964. The van der Waals surface area contributed by atoms with Crippen molar-refractivity contribution >= 4 is 34.9 Å². The molecule has 2 heterocycles. The molecule has 1 amide bonds. The molecule has 3 rings (SSSR count). The summed E-state index contributed by atoms with van der Waals surface area (Å²) in [4.78, 5) is 21.8. The first-order chi connectivity index (χ1) is 12.2. The molecule has 0 radical (unpaired) electrons. The molecular formula is C16H24N6O2S. The van der Waals surface area contributed by atoms with Gasteiger partial charge in [-0.25, -0.2) is 14.8 Å². The van der Waals surface area contributed by atoms with Crippen LogP contribution in [0.2, 0.25) is 0 Å². The highest BCUT2D eigenvalue weighted by molar-refractivity contribution is 7.80. The van der Waals surface area contributed by atoms with Gasteiger partial charge < -0.3 is 25.6 Å². The van der Waals surface area contributed by atoms with Gasteiger partial charge in [-0.15, -0.1) is 0 Å². The number of hydrogen-bond donors (Lipinski definition) is 3. The quantitative estimate of drug-likeness (QED) is 0.683. The Bertz CT molecular complexity index is 616. The third-order valence-electron chi connectivity index (χ3n) is 4.23. The highest BCUT2D eigenvalue weighted by atomic mass is 32.1. The van der Waals surface area contributed by atoms with Crippen molar-refractivity contribution in [2.24, 2.45) is 0 Å².